The molecule has 1 fully saturated rings. The number of carbonyl (C=O) groups is 2. The molecule has 0 aliphatic carbocycles. The molecule has 6 nitrogen and oxygen atoms in total. The van der Waals surface area contributed by atoms with E-state index >= 15 is 0 Å². The molecule has 2 N–H and O–H groups in total. The fraction of sp³-hybridized carbons (Fsp3) is 0.300. The molecule has 2 amide bonds. The molecular formula is C20H22N2O4. The smallest absolute Gasteiger partial charge is 0.409 e. The van der Waals surface area contributed by atoms with Crippen LogP contribution >= 0.6 is 0 Å². The quantitative estimate of drug-likeness (QED) is 0.879. The molecule has 3 rings (SSSR count). The first-order valence-corrected chi connectivity index (χ1v) is 8.48. The highest BCUT2D eigenvalue weighted by molar-refractivity contribution is 6.04. The van der Waals surface area contributed by atoms with E-state index in [1.807, 2.05) is 42.5 Å². The van der Waals surface area contributed by atoms with Crippen molar-refractivity contribution in [1.29, 1.82) is 0 Å². The van der Waals surface area contributed by atoms with E-state index in [1.54, 1.807) is 26.0 Å². The molecule has 1 aliphatic rings. The third-order valence-electron chi connectivity index (χ3n) is 4.50. The van der Waals surface area contributed by atoms with Gasteiger partial charge in [-0.15, -0.1) is 0 Å². The molecular weight excluding hydrogens is 332 g/mol. The number of nitrogens with zero attached hydrogens (tertiary/aromatic N) is 1. The Morgan fingerprint density at radius 2 is 1.81 bits per heavy atom. The van der Waals surface area contributed by atoms with Crippen molar-refractivity contribution in [2.45, 2.75) is 32.0 Å². The molecule has 136 valence electrons. The van der Waals surface area contributed by atoms with Crippen LogP contribution in [0, 0.1) is 0 Å². The van der Waals surface area contributed by atoms with Crippen LogP contribution in [0.3, 0.4) is 0 Å². The van der Waals surface area contributed by atoms with Crippen LogP contribution in [0.15, 0.2) is 54.6 Å². The first-order valence-electron chi connectivity index (χ1n) is 8.48. The lowest BCUT2D eigenvalue weighted by Crippen LogP contribution is -2.47. The Hall–Kier alpha value is -2.86. The Labute approximate surface area is 152 Å². The van der Waals surface area contributed by atoms with Gasteiger partial charge in [-0.2, -0.15) is 0 Å². The molecule has 2 aromatic carbocycles. The summed E-state index contributed by atoms with van der Waals surface area (Å²) in [6, 6.07) is 16.2. The molecule has 6 heteroatoms. The number of benzene rings is 2. The summed E-state index contributed by atoms with van der Waals surface area (Å²) < 4.78 is 5.61. The lowest BCUT2D eigenvalue weighted by atomic mass is 10.0. The van der Waals surface area contributed by atoms with Crippen LogP contribution < -0.4 is 5.32 Å². The summed E-state index contributed by atoms with van der Waals surface area (Å²) in [7, 11) is 0. The van der Waals surface area contributed by atoms with Gasteiger partial charge in [0.25, 0.3) is 5.91 Å². The number of anilines is 1. The van der Waals surface area contributed by atoms with Crippen LogP contribution in [0.25, 0.3) is 0 Å². The molecule has 1 heterocycles. The molecule has 1 atom stereocenters. The largest absolute Gasteiger partial charge is 0.465 e. The van der Waals surface area contributed by atoms with Gasteiger partial charge in [0.2, 0.25) is 0 Å². The zero-order valence-electron chi connectivity index (χ0n) is 14.8. The van der Waals surface area contributed by atoms with E-state index < -0.39 is 11.8 Å². The summed E-state index contributed by atoms with van der Waals surface area (Å²) >= 11 is 0. The molecule has 2 aromatic rings. The average molecular weight is 354 g/mol. The van der Waals surface area contributed by atoms with E-state index in [9.17, 15) is 14.7 Å². The normalized spacial score (nSPS) is 18.5. The van der Waals surface area contributed by atoms with E-state index in [1.165, 1.54) is 4.90 Å². The van der Waals surface area contributed by atoms with Crippen molar-refractivity contribution in [3.63, 3.8) is 0 Å². The maximum atomic E-state index is 12.2. The summed E-state index contributed by atoms with van der Waals surface area (Å²) in [5, 5.41) is 12.3. The molecule has 1 aliphatic heterocycles. The lowest BCUT2D eigenvalue weighted by molar-refractivity contribution is -0.0419. The summed E-state index contributed by atoms with van der Waals surface area (Å²) in [6.07, 6.45) is -0.424. The third-order valence-corrected chi connectivity index (χ3v) is 4.50. The topological polar surface area (TPSA) is 78.9 Å². The zero-order chi connectivity index (χ0) is 18.7. The van der Waals surface area contributed by atoms with E-state index in [0.717, 1.165) is 5.56 Å². The van der Waals surface area contributed by atoms with Crippen molar-refractivity contribution in [2.24, 2.45) is 0 Å². The van der Waals surface area contributed by atoms with Gasteiger partial charge in [0.05, 0.1) is 12.6 Å². The second kappa shape index (κ2) is 7.17. The van der Waals surface area contributed by atoms with Gasteiger partial charge in [-0.3, -0.25) is 9.69 Å². The minimum Gasteiger partial charge on any atom is -0.465 e. The van der Waals surface area contributed by atoms with Crippen LogP contribution in [0.5, 0.6) is 0 Å². The van der Waals surface area contributed by atoms with Gasteiger partial charge < -0.3 is 15.2 Å². The van der Waals surface area contributed by atoms with Crippen LogP contribution in [-0.2, 0) is 11.2 Å². The predicted octanol–water partition coefficient (Wildman–Crippen LogP) is 3.60. The average Bonchev–Trinajstić information content (AvgIpc) is 2.91. The Kier molecular flexibility index (Phi) is 4.95. The summed E-state index contributed by atoms with van der Waals surface area (Å²) in [6.45, 7) is 3.87. The molecule has 0 aromatic heterocycles. The Bertz CT molecular complexity index is 787. The number of carboxylic acid groups (broad SMARTS) is 1. The molecule has 26 heavy (non-hydrogen) atoms. The van der Waals surface area contributed by atoms with E-state index in [0.29, 0.717) is 24.3 Å². The maximum absolute atomic E-state index is 12.2. The number of rotatable bonds is 4. The minimum absolute atomic E-state index is 0.165. The fourth-order valence-electron chi connectivity index (χ4n) is 3.21. The number of hydrogen-bond acceptors (Lipinski definition) is 3. The Morgan fingerprint density at radius 1 is 1.15 bits per heavy atom. The number of carbonyl (C=O) groups excluding carboxylic acids is 1. The van der Waals surface area contributed by atoms with Gasteiger partial charge in [-0.05, 0) is 50.1 Å². The van der Waals surface area contributed by atoms with Crippen LogP contribution in [-0.4, -0.2) is 40.4 Å². The summed E-state index contributed by atoms with van der Waals surface area (Å²) in [4.78, 5) is 25.1. The molecule has 0 saturated carbocycles. The highest BCUT2D eigenvalue weighted by Crippen LogP contribution is 2.29. The number of amides is 2. The molecule has 0 unspecified atom stereocenters. The molecule has 0 radical (unpaired) electrons. The molecule has 0 bridgehead atoms. The molecule has 0 spiro atoms. The Balaban J connectivity index is 1.65. The van der Waals surface area contributed by atoms with Crippen molar-refractivity contribution in [3.8, 4) is 0 Å². The minimum atomic E-state index is -0.982. The van der Waals surface area contributed by atoms with Gasteiger partial charge in [-0.25, -0.2) is 4.79 Å². The van der Waals surface area contributed by atoms with Crippen LogP contribution in [0.4, 0.5) is 10.5 Å². The predicted molar refractivity (Wildman–Crippen MR) is 98.2 cm³/mol. The number of ether oxygens (including phenoxy) is 1. The van der Waals surface area contributed by atoms with E-state index in [4.69, 9.17) is 4.74 Å². The highest BCUT2D eigenvalue weighted by Gasteiger charge is 2.43. The third kappa shape index (κ3) is 3.86. The van der Waals surface area contributed by atoms with E-state index in [-0.39, 0.29) is 11.9 Å². The van der Waals surface area contributed by atoms with Crippen molar-refractivity contribution >= 4 is 17.7 Å². The van der Waals surface area contributed by atoms with Gasteiger partial charge in [-0.1, -0.05) is 30.3 Å². The molecule has 1 saturated heterocycles. The summed E-state index contributed by atoms with van der Waals surface area (Å²) in [5.41, 5.74) is 1.46. The monoisotopic (exact) mass is 354 g/mol. The van der Waals surface area contributed by atoms with Crippen LogP contribution in [0.2, 0.25) is 0 Å². The van der Waals surface area contributed by atoms with Crippen molar-refractivity contribution in [1.82, 2.24) is 4.90 Å². The fourth-order valence-corrected chi connectivity index (χ4v) is 3.21. The number of nitrogens with one attached hydrogen (secondary N) is 1. The van der Waals surface area contributed by atoms with Crippen molar-refractivity contribution < 1.29 is 19.4 Å². The van der Waals surface area contributed by atoms with E-state index in [2.05, 4.69) is 5.32 Å². The standard InChI is InChI=1S/C20H22N2O4/c1-20(2)22(19(24)25)17(13-26-20)12-14-8-10-16(11-9-14)21-18(23)15-6-4-3-5-7-15/h3-11,17H,12-13H2,1-2H3,(H,21,23)(H,24,25)/t17-/m0/s1. The van der Waals surface area contributed by atoms with Crippen molar-refractivity contribution in [2.75, 3.05) is 11.9 Å². The first kappa shape index (κ1) is 17.9. The second-order valence-corrected chi connectivity index (χ2v) is 6.79. The number of hydrogen-bond donors (Lipinski definition) is 2. The van der Waals surface area contributed by atoms with Gasteiger partial charge in [0, 0.05) is 11.3 Å². The van der Waals surface area contributed by atoms with Crippen molar-refractivity contribution in [3.05, 3.63) is 65.7 Å². The Morgan fingerprint density at radius 3 is 2.42 bits per heavy atom. The van der Waals surface area contributed by atoms with Gasteiger partial charge >= 0.3 is 6.09 Å². The lowest BCUT2D eigenvalue weighted by Gasteiger charge is -2.31. The second-order valence-electron chi connectivity index (χ2n) is 6.79. The first-order chi connectivity index (χ1) is 12.4. The van der Waals surface area contributed by atoms with Gasteiger partial charge in [0.15, 0.2) is 0 Å². The zero-order valence-corrected chi connectivity index (χ0v) is 14.8. The SMILES string of the molecule is CC1(C)OC[C@H](Cc2ccc(NC(=O)c3ccccc3)cc2)N1C(=O)O. The highest BCUT2D eigenvalue weighted by atomic mass is 16.5. The summed E-state index contributed by atoms with van der Waals surface area (Å²) in [5.74, 6) is -0.165. The van der Waals surface area contributed by atoms with Gasteiger partial charge in [0.1, 0.15) is 5.72 Å². The maximum Gasteiger partial charge on any atom is 0.409 e. The van der Waals surface area contributed by atoms with Crippen LogP contribution in [0.1, 0.15) is 29.8 Å².